The number of aromatic nitrogens is 2. The number of phenolic OH excluding ortho intramolecular Hbond substituents is 1. The molecule has 0 unspecified atom stereocenters. The Morgan fingerprint density at radius 1 is 1.23 bits per heavy atom. The second-order valence-electron chi connectivity index (χ2n) is 5.42. The van der Waals surface area contributed by atoms with Crippen molar-refractivity contribution in [1.29, 1.82) is 0 Å². The van der Waals surface area contributed by atoms with Gasteiger partial charge >= 0.3 is 0 Å². The van der Waals surface area contributed by atoms with E-state index < -0.39 is 0 Å². The van der Waals surface area contributed by atoms with Crippen LogP contribution in [0, 0.1) is 0 Å². The zero-order valence-corrected chi connectivity index (χ0v) is 13.2. The highest BCUT2D eigenvalue weighted by molar-refractivity contribution is 6.32. The molecule has 0 spiro atoms. The molecule has 1 N–H and O–H groups in total. The van der Waals surface area contributed by atoms with Crippen LogP contribution in [0.5, 0.6) is 5.75 Å². The van der Waals surface area contributed by atoms with Crippen molar-refractivity contribution in [3.05, 3.63) is 35.6 Å². The number of benzene rings is 1. The van der Waals surface area contributed by atoms with Gasteiger partial charge in [-0.05, 0) is 24.6 Å². The molecular formula is C16H20ClN3O2. The van der Waals surface area contributed by atoms with Crippen LogP contribution in [0.3, 0.4) is 0 Å². The topological polar surface area (TPSA) is 50.5 Å². The van der Waals surface area contributed by atoms with Gasteiger partial charge in [-0.25, -0.2) is 4.98 Å². The molecule has 0 bridgehead atoms. The van der Waals surface area contributed by atoms with Crippen molar-refractivity contribution >= 4 is 11.6 Å². The van der Waals surface area contributed by atoms with Crippen molar-refractivity contribution in [1.82, 2.24) is 14.5 Å². The molecule has 1 aromatic carbocycles. The Kier molecular flexibility index (Phi) is 4.97. The number of hydrogen-bond donors (Lipinski definition) is 1. The summed E-state index contributed by atoms with van der Waals surface area (Å²) in [5.41, 5.74) is 0.916. The summed E-state index contributed by atoms with van der Waals surface area (Å²) in [6, 6.07) is 5.18. The second kappa shape index (κ2) is 7.13. The maximum atomic E-state index is 9.52. The SMILES string of the molecule is Oc1ccc(-c2nccn2CCCN2CCOCC2)cc1Cl. The number of ether oxygens (including phenoxy) is 1. The van der Waals surface area contributed by atoms with Gasteiger partial charge in [-0.15, -0.1) is 0 Å². The van der Waals surface area contributed by atoms with Gasteiger partial charge in [-0.1, -0.05) is 11.6 Å². The van der Waals surface area contributed by atoms with Crippen molar-refractivity contribution in [2.24, 2.45) is 0 Å². The Balaban J connectivity index is 1.63. The molecule has 1 aliphatic rings. The van der Waals surface area contributed by atoms with E-state index in [1.807, 2.05) is 12.3 Å². The summed E-state index contributed by atoms with van der Waals surface area (Å²) in [5, 5.41) is 9.87. The minimum atomic E-state index is 0.0934. The van der Waals surface area contributed by atoms with Crippen molar-refractivity contribution < 1.29 is 9.84 Å². The molecule has 22 heavy (non-hydrogen) atoms. The van der Waals surface area contributed by atoms with E-state index in [0.717, 1.165) is 57.2 Å². The van der Waals surface area contributed by atoms with Gasteiger partial charge in [0.15, 0.2) is 0 Å². The lowest BCUT2D eigenvalue weighted by Crippen LogP contribution is -2.37. The van der Waals surface area contributed by atoms with Gasteiger partial charge in [0, 0.05) is 44.1 Å². The van der Waals surface area contributed by atoms with Crippen molar-refractivity contribution in [2.45, 2.75) is 13.0 Å². The first-order valence-corrected chi connectivity index (χ1v) is 7.92. The molecule has 0 radical (unpaired) electrons. The average Bonchev–Trinajstić information content (AvgIpc) is 3.00. The number of aromatic hydroxyl groups is 1. The van der Waals surface area contributed by atoms with Crippen LogP contribution in [0.2, 0.25) is 5.02 Å². The molecule has 1 fully saturated rings. The Bertz CT molecular complexity index is 624. The van der Waals surface area contributed by atoms with E-state index in [4.69, 9.17) is 16.3 Å². The number of nitrogens with zero attached hydrogens (tertiary/aromatic N) is 3. The van der Waals surface area contributed by atoms with E-state index in [2.05, 4.69) is 14.5 Å². The normalized spacial score (nSPS) is 16.0. The fourth-order valence-corrected chi connectivity index (χ4v) is 2.87. The van der Waals surface area contributed by atoms with Crippen LogP contribution >= 0.6 is 11.6 Å². The van der Waals surface area contributed by atoms with E-state index in [1.54, 1.807) is 18.3 Å². The smallest absolute Gasteiger partial charge is 0.139 e. The first kappa shape index (κ1) is 15.3. The van der Waals surface area contributed by atoms with E-state index in [1.165, 1.54) is 0 Å². The van der Waals surface area contributed by atoms with E-state index >= 15 is 0 Å². The molecule has 2 heterocycles. The first-order chi connectivity index (χ1) is 10.7. The van der Waals surface area contributed by atoms with Crippen LogP contribution in [-0.2, 0) is 11.3 Å². The minimum Gasteiger partial charge on any atom is -0.506 e. The Morgan fingerprint density at radius 3 is 2.82 bits per heavy atom. The molecule has 0 aliphatic carbocycles. The number of morpholine rings is 1. The maximum absolute atomic E-state index is 9.52. The number of aryl methyl sites for hydroxylation is 1. The van der Waals surface area contributed by atoms with Crippen LogP contribution < -0.4 is 0 Å². The quantitative estimate of drug-likeness (QED) is 0.919. The Hall–Kier alpha value is -1.56. The summed E-state index contributed by atoms with van der Waals surface area (Å²) < 4.78 is 7.49. The van der Waals surface area contributed by atoms with Crippen LogP contribution in [0.15, 0.2) is 30.6 Å². The highest BCUT2D eigenvalue weighted by Crippen LogP contribution is 2.28. The molecule has 3 rings (SSSR count). The standard InChI is InChI=1S/C16H20ClN3O2/c17-14-12-13(2-3-15(14)21)16-18-4-7-20(16)6-1-5-19-8-10-22-11-9-19/h2-4,7,12,21H,1,5-6,8-11H2. The first-order valence-electron chi connectivity index (χ1n) is 7.54. The third-order valence-corrected chi connectivity index (χ3v) is 4.20. The fourth-order valence-electron chi connectivity index (χ4n) is 2.69. The minimum absolute atomic E-state index is 0.0934. The van der Waals surface area contributed by atoms with Gasteiger partial charge in [0.25, 0.3) is 0 Å². The summed E-state index contributed by atoms with van der Waals surface area (Å²) in [4.78, 5) is 6.84. The molecule has 0 saturated carbocycles. The Labute approximate surface area is 135 Å². The third kappa shape index (κ3) is 3.61. The zero-order valence-electron chi connectivity index (χ0n) is 12.4. The van der Waals surface area contributed by atoms with E-state index in [9.17, 15) is 5.11 Å². The molecule has 0 atom stereocenters. The molecule has 5 nitrogen and oxygen atoms in total. The fraction of sp³-hybridized carbons (Fsp3) is 0.438. The molecule has 118 valence electrons. The van der Waals surface area contributed by atoms with E-state index in [0.29, 0.717) is 5.02 Å². The third-order valence-electron chi connectivity index (χ3n) is 3.90. The summed E-state index contributed by atoms with van der Waals surface area (Å²) in [5.74, 6) is 0.972. The predicted molar refractivity (Wildman–Crippen MR) is 86.2 cm³/mol. The van der Waals surface area contributed by atoms with Crippen molar-refractivity contribution in [2.75, 3.05) is 32.8 Å². The number of hydrogen-bond acceptors (Lipinski definition) is 4. The van der Waals surface area contributed by atoms with Gasteiger partial charge in [0.1, 0.15) is 11.6 Å². The molecule has 1 aliphatic heterocycles. The summed E-state index contributed by atoms with van der Waals surface area (Å²) in [6.45, 7) is 5.68. The largest absolute Gasteiger partial charge is 0.506 e. The monoisotopic (exact) mass is 321 g/mol. The number of imidazole rings is 1. The lowest BCUT2D eigenvalue weighted by atomic mass is 10.2. The van der Waals surface area contributed by atoms with Crippen molar-refractivity contribution in [3.8, 4) is 17.1 Å². The summed E-state index contributed by atoms with van der Waals surface area (Å²) in [7, 11) is 0. The van der Waals surface area contributed by atoms with Gasteiger partial charge in [0.2, 0.25) is 0 Å². The summed E-state index contributed by atoms with van der Waals surface area (Å²) in [6.07, 6.45) is 4.84. The van der Waals surface area contributed by atoms with Crippen LogP contribution in [0.25, 0.3) is 11.4 Å². The van der Waals surface area contributed by atoms with Crippen molar-refractivity contribution in [3.63, 3.8) is 0 Å². The summed E-state index contributed by atoms with van der Waals surface area (Å²) >= 11 is 5.98. The number of rotatable bonds is 5. The molecule has 1 saturated heterocycles. The zero-order chi connectivity index (χ0) is 15.4. The predicted octanol–water partition coefficient (Wildman–Crippen LogP) is 2.63. The molecule has 0 amide bonds. The molecule has 2 aromatic rings. The highest BCUT2D eigenvalue weighted by atomic mass is 35.5. The van der Waals surface area contributed by atoms with Gasteiger partial charge in [-0.2, -0.15) is 0 Å². The lowest BCUT2D eigenvalue weighted by Gasteiger charge is -2.26. The van der Waals surface area contributed by atoms with Crippen LogP contribution in [0.4, 0.5) is 0 Å². The second-order valence-corrected chi connectivity index (χ2v) is 5.83. The average molecular weight is 322 g/mol. The van der Waals surface area contributed by atoms with Crippen LogP contribution in [0.1, 0.15) is 6.42 Å². The maximum Gasteiger partial charge on any atom is 0.139 e. The van der Waals surface area contributed by atoms with Gasteiger partial charge in [-0.3, -0.25) is 4.90 Å². The molecule has 1 aromatic heterocycles. The highest BCUT2D eigenvalue weighted by Gasteiger charge is 2.11. The molecular weight excluding hydrogens is 302 g/mol. The van der Waals surface area contributed by atoms with Crippen LogP contribution in [-0.4, -0.2) is 52.4 Å². The van der Waals surface area contributed by atoms with Gasteiger partial charge in [0.05, 0.1) is 18.2 Å². The lowest BCUT2D eigenvalue weighted by molar-refractivity contribution is 0.0369. The van der Waals surface area contributed by atoms with Gasteiger partial charge < -0.3 is 14.4 Å². The number of halogens is 1. The number of phenols is 1. The van der Waals surface area contributed by atoms with E-state index in [-0.39, 0.29) is 5.75 Å². The Morgan fingerprint density at radius 2 is 2.05 bits per heavy atom. The molecule has 6 heteroatoms.